The summed E-state index contributed by atoms with van der Waals surface area (Å²) >= 11 is 0. The van der Waals surface area contributed by atoms with Gasteiger partial charge < -0.3 is 20.4 Å². The first-order valence-corrected chi connectivity index (χ1v) is 13.6. The fourth-order valence-corrected chi connectivity index (χ4v) is 4.92. The van der Waals surface area contributed by atoms with Gasteiger partial charge in [0, 0.05) is 48.2 Å². The molecular weight excluding hydrogens is 556 g/mol. The van der Waals surface area contributed by atoms with Gasteiger partial charge in [0.05, 0.1) is 18.6 Å². The molecule has 1 aliphatic heterocycles. The molecule has 0 spiro atoms. The third-order valence-electron chi connectivity index (χ3n) is 7.08. The maximum Gasteiger partial charge on any atom is 0.416 e. The van der Waals surface area contributed by atoms with E-state index in [0.717, 1.165) is 37.6 Å². The van der Waals surface area contributed by atoms with E-state index >= 15 is 0 Å². The maximum absolute atomic E-state index is 15.0. The van der Waals surface area contributed by atoms with Gasteiger partial charge in [0.1, 0.15) is 11.6 Å². The van der Waals surface area contributed by atoms with Crippen molar-refractivity contribution < 1.29 is 31.9 Å². The predicted molar refractivity (Wildman–Crippen MR) is 150 cm³/mol. The summed E-state index contributed by atoms with van der Waals surface area (Å²) in [6.45, 7) is 5.86. The Morgan fingerprint density at radius 1 is 1.14 bits per heavy atom. The largest absolute Gasteiger partial charge is 0.493 e. The lowest BCUT2D eigenvalue weighted by atomic mass is 10.0. The zero-order valence-corrected chi connectivity index (χ0v) is 23.2. The van der Waals surface area contributed by atoms with E-state index in [9.17, 15) is 31.9 Å². The molecule has 0 saturated carbocycles. The molecule has 0 bridgehead atoms. The van der Waals surface area contributed by atoms with Crippen LogP contribution < -0.4 is 20.9 Å². The zero-order chi connectivity index (χ0) is 30.4. The standard InChI is InChI=1S/C30H32F4N4O4/c1-3-42-26-16-27(39)36-17-24(26)19-6-7-20(25(31)13-19)14-28(40)37-23-12-21(11-22(15-23)30(32,33)34)29(41)35-8-10-38-9-4-5-18(38)2/h6-7,11-13,15-18H,3-5,8-10,14H2,1-2H3,(H,35,41)(H,36,39)(H,37,40)/t18-/m1/s1. The normalized spacial score (nSPS) is 15.4. The number of alkyl halides is 3. The Kier molecular flexibility index (Phi) is 9.66. The molecule has 3 aromatic rings. The summed E-state index contributed by atoms with van der Waals surface area (Å²) < 4.78 is 61.2. The van der Waals surface area contributed by atoms with E-state index < -0.39 is 35.8 Å². The van der Waals surface area contributed by atoms with Gasteiger partial charge in [-0.25, -0.2) is 4.39 Å². The van der Waals surface area contributed by atoms with Crippen LogP contribution >= 0.6 is 0 Å². The number of likely N-dealkylation sites (tertiary alicyclic amines) is 1. The lowest BCUT2D eigenvalue weighted by Gasteiger charge is -2.21. The number of hydrogen-bond acceptors (Lipinski definition) is 5. The molecule has 1 aliphatic rings. The van der Waals surface area contributed by atoms with Crippen molar-refractivity contribution in [2.24, 2.45) is 0 Å². The van der Waals surface area contributed by atoms with E-state index in [1.807, 2.05) is 0 Å². The topological polar surface area (TPSA) is 104 Å². The Labute approximate surface area is 240 Å². The first kappa shape index (κ1) is 30.8. The molecule has 0 radical (unpaired) electrons. The van der Waals surface area contributed by atoms with Crippen LogP contribution in [0.2, 0.25) is 0 Å². The van der Waals surface area contributed by atoms with Crippen molar-refractivity contribution in [3.63, 3.8) is 0 Å². The average molecular weight is 589 g/mol. The number of aromatic amines is 1. The van der Waals surface area contributed by atoms with Crippen molar-refractivity contribution in [2.45, 2.75) is 45.3 Å². The molecule has 3 N–H and O–H groups in total. The Hall–Kier alpha value is -4.19. The molecule has 42 heavy (non-hydrogen) atoms. The highest BCUT2D eigenvalue weighted by molar-refractivity contribution is 5.98. The summed E-state index contributed by atoms with van der Waals surface area (Å²) in [6.07, 6.45) is -1.72. The van der Waals surface area contributed by atoms with Crippen LogP contribution in [0.15, 0.2) is 53.5 Å². The smallest absolute Gasteiger partial charge is 0.416 e. The van der Waals surface area contributed by atoms with E-state index in [1.165, 1.54) is 30.5 Å². The Morgan fingerprint density at radius 3 is 2.60 bits per heavy atom. The molecule has 1 aromatic heterocycles. The molecule has 1 saturated heterocycles. The number of halogens is 4. The second kappa shape index (κ2) is 13.2. The molecular formula is C30H32F4N4O4. The van der Waals surface area contributed by atoms with Gasteiger partial charge in [0.2, 0.25) is 5.91 Å². The summed E-state index contributed by atoms with van der Waals surface area (Å²) in [6, 6.07) is 8.33. The van der Waals surface area contributed by atoms with Crippen LogP contribution in [0.5, 0.6) is 5.75 Å². The Balaban J connectivity index is 1.47. The van der Waals surface area contributed by atoms with Crippen molar-refractivity contribution in [2.75, 3.05) is 31.6 Å². The van der Waals surface area contributed by atoms with Crippen LogP contribution in [0.4, 0.5) is 23.2 Å². The molecule has 0 aliphatic carbocycles. The number of anilines is 1. The second-order valence-electron chi connectivity index (χ2n) is 10.1. The van der Waals surface area contributed by atoms with Crippen LogP contribution in [0.1, 0.15) is 48.2 Å². The van der Waals surface area contributed by atoms with Gasteiger partial charge in [-0.3, -0.25) is 19.3 Å². The Morgan fingerprint density at radius 2 is 1.93 bits per heavy atom. The van der Waals surface area contributed by atoms with E-state index in [4.69, 9.17) is 4.74 Å². The lowest BCUT2D eigenvalue weighted by molar-refractivity contribution is -0.137. The van der Waals surface area contributed by atoms with Crippen LogP contribution in [-0.2, 0) is 17.4 Å². The number of nitrogens with one attached hydrogen (secondary N) is 3. The molecule has 2 amide bonds. The van der Waals surface area contributed by atoms with E-state index in [0.29, 0.717) is 23.7 Å². The van der Waals surface area contributed by atoms with E-state index in [2.05, 4.69) is 27.4 Å². The third-order valence-corrected chi connectivity index (χ3v) is 7.08. The van der Waals surface area contributed by atoms with Crippen molar-refractivity contribution in [3.8, 4) is 16.9 Å². The summed E-state index contributed by atoms with van der Waals surface area (Å²) in [4.78, 5) is 41.8. The van der Waals surface area contributed by atoms with E-state index in [-0.39, 0.29) is 41.3 Å². The minimum absolute atomic E-state index is 0.000261. The van der Waals surface area contributed by atoms with Gasteiger partial charge in [0.25, 0.3) is 11.5 Å². The summed E-state index contributed by atoms with van der Waals surface area (Å²) in [5.41, 5.74) is -1.14. The molecule has 2 heterocycles. The number of pyridine rings is 1. The average Bonchev–Trinajstić information content (AvgIpc) is 3.33. The number of ether oxygens (including phenoxy) is 1. The molecule has 0 unspecified atom stereocenters. The lowest BCUT2D eigenvalue weighted by Crippen LogP contribution is -2.36. The maximum atomic E-state index is 15.0. The second-order valence-corrected chi connectivity index (χ2v) is 10.1. The fraction of sp³-hybridized carbons (Fsp3) is 0.367. The van der Waals surface area contributed by atoms with E-state index in [1.54, 1.807) is 6.92 Å². The minimum Gasteiger partial charge on any atom is -0.493 e. The first-order chi connectivity index (χ1) is 19.9. The van der Waals surface area contributed by atoms with Crippen LogP contribution in [0, 0.1) is 5.82 Å². The SMILES string of the molecule is CCOc1cc(=O)[nH]cc1-c1ccc(CC(=O)Nc2cc(C(=O)NCCN3CCC[C@H]3C)cc(C(F)(F)F)c2)c(F)c1. The predicted octanol–water partition coefficient (Wildman–Crippen LogP) is 4.99. The first-order valence-electron chi connectivity index (χ1n) is 13.6. The summed E-state index contributed by atoms with van der Waals surface area (Å²) in [7, 11) is 0. The van der Waals surface area contributed by atoms with Gasteiger partial charge in [-0.2, -0.15) is 13.2 Å². The van der Waals surface area contributed by atoms with Crippen LogP contribution in [0.25, 0.3) is 11.1 Å². The molecule has 8 nitrogen and oxygen atoms in total. The number of carbonyl (C=O) groups is 2. The monoisotopic (exact) mass is 588 g/mol. The van der Waals surface area contributed by atoms with Crippen LogP contribution in [0.3, 0.4) is 0 Å². The fourth-order valence-electron chi connectivity index (χ4n) is 4.92. The summed E-state index contributed by atoms with van der Waals surface area (Å²) in [5, 5.41) is 5.00. The highest BCUT2D eigenvalue weighted by Gasteiger charge is 2.32. The van der Waals surface area contributed by atoms with Crippen molar-refractivity contribution >= 4 is 17.5 Å². The highest BCUT2D eigenvalue weighted by atomic mass is 19.4. The molecule has 1 fully saturated rings. The quantitative estimate of drug-likeness (QED) is 0.290. The van der Waals surface area contributed by atoms with Gasteiger partial charge in [-0.15, -0.1) is 0 Å². The number of hydrogen-bond donors (Lipinski definition) is 3. The van der Waals surface area contributed by atoms with Crippen molar-refractivity contribution in [3.05, 3.63) is 81.5 Å². The molecule has 224 valence electrons. The third kappa shape index (κ3) is 7.75. The number of nitrogens with zero attached hydrogens (tertiary/aromatic N) is 1. The summed E-state index contributed by atoms with van der Waals surface area (Å²) in [5.74, 6) is -1.93. The number of rotatable bonds is 10. The molecule has 1 atom stereocenters. The minimum atomic E-state index is -4.76. The molecule has 12 heteroatoms. The number of carbonyl (C=O) groups excluding carboxylic acids is 2. The number of amides is 2. The van der Waals surface area contributed by atoms with Gasteiger partial charge in [-0.05, 0) is 68.6 Å². The molecule has 2 aromatic carbocycles. The van der Waals surface area contributed by atoms with Crippen molar-refractivity contribution in [1.82, 2.24) is 15.2 Å². The number of H-pyrrole nitrogens is 1. The van der Waals surface area contributed by atoms with Gasteiger partial charge >= 0.3 is 6.18 Å². The zero-order valence-electron chi connectivity index (χ0n) is 23.2. The van der Waals surface area contributed by atoms with Gasteiger partial charge in [0.15, 0.2) is 0 Å². The number of aromatic nitrogens is 1. The Bertz CT molecular complexity index is 1510. The van der Waals surface area contributed by atoms with Gasteiger partial charge in [-0.1, -0.05) is 12.1 Å². The van der Waals surface area contributed by atoms with Crippen molar-refractivity contribution in [1.29, 1.82) is 0 Å². The molecule has 4 rings (SSSR count). The highest BCUT2D eigenvalue weighted by Crippen LogP contribution is 2.33. The number of benzene rings is 2. The van der Waals surface area contributed by atoms with Crippen LogP contribution in [-0.4, -0.2) is 54.0 Å².